The minimum Gasteiger partial charge on any atom is -0.354 e. The molecule has 0 spiro atoms. The Morgan fingerprint density at radius 1 is 1.00 bits per heavy atom. The van der Waals surface area contributed by atoms with Gasteiger partial charge in [0.1, 0.15) is 12.6 Å². The molecule has 11 heteroatoms. The van der Waals surface area contributed by atoms with Gasteiger partial charge in [0.05, 0.1) is 11.9 Å². The van der Waals surface area contributed by atoms with E-state index in [1.54, 1.807) is 44.2 Å². The normalized spacial score (nSPS) is 12.4. The first-order valence-corrected chi connectivity index (χ1v) is 13.9. The standard InChI is InChI=1S/C24H30Cl3N3O4S/c1-15(2)12-28-24(32)17(4)29(13-18-7-8-19(25)10-22(18)27)23(31)14-30(35(5,33)34)20-9-6-16(3)21(26)11-20/h6-11,15,17H,12-14H2,1-5H3,(H,28,32)/t17-/m1/s1. The van der Waals surface area contributed by atoms with E-state index in [-0.39, 0.29) is 24.1 Å². The van der Waals surface area contributed by atoms with Crippen LogP contribution in [0.3, 0.4) is 0 Å². The average Bonchev–Trinajstić information content (AvgIpc) is 2.75. The Kier molecular flexibility index (Phi) is 10.3. The zero-order chi connectivity index (χ0) is 26.5. The zero-order valence-corrected chi connectivity index (χ0v) is 23.4. The van der Waals surface area contributed by atoms with Crippen molar-refractivity contribution in [2.24, 2.45) is 5.92 Å². The van der Waals surface area contributed by atoms with Crippen LogP contribution >= 0.6 is 34.8 Å². The molecule has 0 aromatic heterocycles. The van der Waals surface area contributed by atoms with Crippen molar-refractivity contribution in [3.05, 3.63) is 62.6 Å². The largest absolute Gasteiger partial charge is 0.354 e. The highest BCUT2D eigenvalue weighted by molar-refractivity contribution is 7.92. The lowest BCUT2D eigenvalue weighted by Gasteiger charge is -2.32. The molecule has 0 saturated heterocycles. The Morgan fingerprint density at radius 3 is 2.20 bits per heavy atom. The van der Waals surface area contributed by atoms with Crippen molar-refractivity contribution in [1.29, 1.82) is 0 Å². The molecule has 192 valence electrons. The number of aryl methyl sites for hydroxylation is 1. The van der Waals surface area contributed by atoms with Crippen LogP contribution in [0.4, 0.5) is 5.69 Å². The quantitative estimate of drug-likeness (QED) is 0.446. The van der Waals surface area contributed by atoms with Crippen molar-refractivity contribution >= 4 is 62.3 Å². The number of carbonyl (C=O) groups is 2. The van der Waals surface area contributed by atoms with E-state index in [0.717, 1.165) is 16.1 Å². The fourth-order valence-corrected chi connectivity index (χ4v) is 4.70. The van der Waals surface area contributed by atoms with Crippen LogP contribution in [0.25, 0.3) is 0 Å². The number of nitrogens with one attached hydrogen (secondary N) is 1. The molecular formula is C24H30Cl3N3O4S. The molecule has 7 nitrogen and oxygen atoms in total. The average molecular weight is 563 g/mol. The SMILES string of the molecule is Cc1ccc(N(CC(=O)N(Cc2ccc(Cl)cc2Cl)[C@H](C)C(=O)NCC(C)C)S(C)(=O)=O)cc1Cl. The smallest absolute Gasteiger partial charge is 0.244 e. The summed E-state index contributed by atoms with van der Waals surface area (Å²) in [6.45, 7) is 7.19. The van der Waals surface area contributed by atoms with Crippen molar-refractivity contribution < 1.29 is 18.0 Å². The highest BCUT2D eigenvalue weighted by Gasteiger charge is 2.30. The van der Waals surface area contributed by atoms with Gasteiger partial charge < -0.3 is 10.2 Å². The summed E-state index contributed by atoms with van der Waals surface area (Å²) in [6.07, 6.45) is 1.01. The summed E-state index contributed by atoms with van der Waals surface area (Å²) in [5.41, 5.74) is 1.58. The minimum atomic E-state index is -3.85. The highest BCUT2D eigenvalue weighted by Crippen LogP contribution is 2.26. The Labute approximate surface area is 222 Å². The molecule has 0 heterocycles. The first-order valence-electron chi connectivity index (χ1n) is 11.0. The number of halogens is 3. The molecule has 0 saturated carbocycles. The van der Waals surface area contributed by atoms with Crippen LogP contribution in [-0.4, -0.2) is 50.5 Å². The topological polar surface area (TPSA) is 86.8 Å². The van der Waals surface area contributed by atoms with Crippen LogP contribution in [0.15, 0.2) is 36.4 Å². The number of hydrogen-bond acceptors (Lipinski definition) is 4. The molecule has 2 aromatic rings. The third kappa shape index (κ3) is 8.27. The highest BCUT2D eigenvalue weighted by atomic mass is 35.5. The number of amides is 2. The molecule has 2 rings (SSSR count). The van der Waals surface area contributed by atoms with Crippen molar-refractivity contribution in [3.63, 3.8) is 0 Å². The van der Waals surface area contributed by atoms with Gasteiger partial charge in [-0.2, -0.15) is 0 Å². The van der Waals surface area contributed by atoms with Crippen molar-refractivity contribution in [1.82, 2.24) is 10.2 Å². The second-order valence-corrected chi connectivity index (χ2v) is 11.9. The van der Waals surface area contributed by atoms with Gasteiger partial charge in [-0.3, -0.25) is 13.9 Å². The fraction of sp³-hybridized carbons (Fsp3) is 0.417. The summed E-state index contributed by atoms with van der Waals surface area (Å²) in [6, 6.07) is 8.69. The summed E-state index contributed by atoms with van der Waals surface area (Å²) < 4.78 is 26.2. The number of carbonyl (C=O) groups excluding carboxylic acids is 2. The summed E-state index contributed by atoms with van der Waals surface area (Å²) in [7, 11) is -3.85. The Bertz CT molecular complexity index is 1190. The molecule has 1 N–H and O–H groups in total. The maximum absolute atomic E-state index is 13.5. The number of anilines is 1. The van der Waals surface area contributed by atoms with E-state index in [0.29, 0.717) is 27.2 Å². The van der Waals surface area contributed by atoms with Gasteiger partial charge in [0.2, 0.25) is 21.8 Å². The van der Waals surface area contributed by atoms with Gasteiger partial charge in [-0.05, 0) is 55.2 Å². The number of hydrogen-bond donors (Lipinski definition) is 1. The third-order valence-electron chi connectivity index (χ3n) is 5.33. The number of sulfonamides is 1. The maximum atomic E-state index is 13.5. The minimum absolute atomic E-state index is 0.0165. The molecule has 0 aliphatic rings. The second-order valence-electron chi connectivity index (χ2n) is 8.78. The molecule has 1 atom stereocenters. The molecular weight excluding hydrogens is 533 g/mol. The number of rotatable bonds is 10. The second kappa shape index (κ2) is 12.3. The molecule has 35 heavy (non-hydrogen) atoms. The summed E-state index contributed by atoms with van der Waals surface area (Å²) >= 11 is 18.5. The number of benzene rings is 2. The summed E-state index contributed by atoms with van der Waals surface area (Å²) in [5, 5.41) is 3.95. The Balaban J connectivity index is 2.42. The van der Waals surface area contributed by atoms with Gasteiger partial charge in [-0.1, -0.05) is 60.8 Å². The first kappa shape index (κ1) is 29.2. The van der Waals surface area contributed by atoms with Crippen molar-refractivity contribution in [2.45, 2.75) is 40.3 Å². The monoisotopic (exact) mass is 561 g/mol. The zero-order valence-electron chi connectivity index (χ0n) is 20.3. The van der Waals surface area contributed by atoms with Gasteiger partial charge in [0, 0.05) is 28.2 Å². The third-order valence-corrected chi connectivity index (χ3v) is 7.46. The number of nitrogens with zero attached hydrogens (tertiary/aromatic N) is 2. The van der Waals surface area contributed by atoms with Crippen LogP contribution in [0, 0.1) is 12.8 Å². The lowest BCUT2D eigenvalue weighted by atomic mass is 10.1. The molecule has 0 bridgehead atoms. The Morgan fingerprint density at radius 2 is 1.66 bits per heavy atom. The molecule has 2 amide bonds. The predicted molar refractivity (Wildman–Crippen MR) is 143 cm³/mol. The van der Waals surface area contributed by atoms with E-state index in [9.17, 15) is 18.0 Å². The van der Waals surface area contributed by atoms with Gasteiger partial charge in [0.15, 0.2) is 0 Å². The van der Waals surface area contributed by atoms with Crippen LogP contribution in [-0.2, 0) is 26.2 Å². The van der Waals surface area contributed by atoms with Crippen molar-refractivity contribution in [2.75, 3.05) is 23.7 Å². The molecule has 0 aliphatic heterocycles. The summed E-state index contributed by atoms with van der Waals surface area (Å²) in [5.74, 6) is -0.722. The van der Waals surface area contributed by atoms with E-state index >= 15 is 0 Å². The lowest BCUT2D eigenvalue weighted by molar-refractivity contribution is -0.139. The lowest BCUT2D eigenvalue weighted by Crippen LogP contribution is -2.51. The van der Waals surface area contributed by atoms with Gasteiger partial charge >= 0.3 is 0 Å². The van der Waals surface area contributed by atoms with Gasteiger partial charge in [-0.15, -0.1) is 0 Å². The molecule has 0 radical (unpaired) electrons. The van der Waals surface area contributed by atoms with E-state index in [1.807, 2.05) is 13.8 Å². The summed E-state index contributed by atoms with van der Waals surface area (Å²) in [4.78, 5) is 27.7. The maximum Gasteiger partial charge on any atom is 0.244 e. The van der Waals surface area contributed by atoms with Crippen LogP contribution < -0.4 is 9.62 Å². The molecule has 2 aromatic carbocycles. The van der Waals surface area contributed by atoms with Gasteiger partial charge in [-0.25, -0.2) is 8.42 Å². The molecule has 0 unspecified atom stereocenters. The van der Waals surface area contributed by atoms with Crippen LogP contribution in [0.1, 0.15) is 31.9 Å². The first-order chi connectivity index (χ1) is 16.2. The van der Waals surface area contributed by atoms with E-state index < -0.39 is 28.5 Å². The van der Waals surface area contributed by atoms with Gasteiger partial charge in [0.25, 0.3) is 0 Å². The predicted octanol–water partition coefficient (Wildman–Crippen LogP) is 4.91. The molecule has 0 fully saturated rings. The van der Waals surface area contributed by atoms with Crippen LogP contribution in [0.5, 0.6) is 0 Å². The van der Waals surface area contributed by atoms with Crippen molar-refractivity contribution in [3.8, 4) is 0 Å². The fourth-order valence-electron chi connectivity index (χ4n) is 3.22. The van der Waals surface area contributed by atoms with E-state index in [2.05, 4.69) is 5.32 Å². The Hall–Kier alpha value is -2.00. The van der Waals surface area contributed by atoms with E-state index in [4.69, 9.17) is 34.8 Å². The molecule has 0 aliphatic carbocycles. The van der Waals surface area contributed by atoms with Crippen LogP contribution in [0.2, 0.25) is 15.1 Å². The van der Waals surface area contributed by atoms with E-state index in [1.165, 1.54) is 11.0 Å².